The summed E-state index contributed by atoms with van der Waals surface area (Å²) in [6.45, 7) is 1.20. The van der Waals surface area contributed by atoms with Gasteiger partial charge in [0, 0.05) is 17.8 Å². The quantitative estimate of drug-likeness (QED) is 0.555. The van der Waals surface area contributed by atoms with Crippen LogP contribution in [0.25, 0.3) is 11.0 Å². The van der Waals surface area contributed by atoms with Crippen molar-refractivity contribution < 1.29 is 23.8 Å². The number of fused-ring (bicyclic) bond motifs is 1. The largest absolute Gasteiger partial charge is 0.486 e. The molecule has 9 heteroatoms. The molecule has 0 unspecified atom stereocenters. The minimum atomic E-state index is -1.18. The van der Waals surface area contributed by atoms with Crippen molar-refractivity contribution in [2.45, 2.75) is 19.6 Å². The molecule has 0 aliphatic carbocycles. The summed E-state index contributed by atoms with van der Waals surface area (Å²) in [5, 5.41) is 12.1. The maximum atomic E-state index is 12.6. The monoisotopic (exact) mass is 370 g/mol. The number of hydrogen-bond donors (Lipinski definition) is 3. The normalized spacial score (nSPS) is 11.9. The third kappa shape index (κ3) is 4.04. The van der Waals surface area contributed by atoms with Crippen molar-refractivity contribution in [1.29, 1.82) is 0 Å². The number of aromatic nitrogens is 2. The van der Waals surface area contributed by atoms with Crippen LogP contribution in [0.15, 0.2) is 41.1 Å². The second-order valence-corrected chi connectivity index (χ2v) is 5.76. The molecule has 0 bridgehead atoms. The molecule has 140 valence electrons. The van der Waals surface area contributed by atoms with Crippen LogP contribution >= 0.6 is 0 Å². The highest BCUT2D eigenvalue weighted by molar-refractivity contribution is 6.08. The predicted molar refractivity (Wildman–Crippen MR) is 94.8 cm³/mol. The highest BCUT2D eigenvalue weighted by Crippen LogP contribution is 2.29. The van der Waals surface area contributed by atoms with Crippen LogP contribution in [-0.4, -0.2) is 39.5 Å². The Morgan fingerprint density at radius 2 is 2.07 bits per heavy atom. The van der Waals surface area contributed by atoms with E-state index < -0.39 is 24.5 Å². The fourth-order valence-electron chi connectivity index (χ4n) is 2.56. The van der Waals surface area contributed by atoms with Crippen molar-refractivity contribution in [2.75, 3.05) is 6.61 Å². The van der Waals surface area contributed by atoms with Crippen LogP contribution < -0.4 is 15.8 Å². The summed E-state index contributed by atoms with van der Waals surface area (Å²) >= 11 is 0. The average molecular weight is 370 g/mol. The van der Waals surface area contributed by atoms with Gasteiger partial charge in [0.2, 0.25) is 5.91 Å². The van der Waals surface area contributed by atoms with E-state index in [4.69, 9.17) is 14.9 Å². The molecule has 2 heterocycles. The number of carbonyl (C=O) groups is 2. The molecule has 4 N–H and O–H groups in total. The summed E-state index contributed by atoms with van der Waals surface area (Å²) in [4.78, 5) is 32.0. The number of aliphatic hydroxyl groups is 1. The lowest BCUT2D eigenvalue weighted by molar-refractivity contribution is -0.120. The number of hydrogen-bond acceptors (Lipinski definition) is 7. The molecule has 2 amide bonds. The number of benzene rings is 1. The van der Waals surface area contributed by atoms with Crippen molar-refractivity contribution in [3.8, 4) is 5.75 Å². The topological polar surface area (TPSA) is 141 Å². The molecule has 0 fully saturated rings. The number of rotatable bonds is 7. The van der Waals surface area contributed by atoms with Gasteiger partial charge in [-0.3, -0.25) is 9.59 Å². The maximum absolute atomic E-state index is 12.6. The molecule has 9 nitrogen and oxygen atoms in total. The lowest BCUT2D eigenvalue weighted by Gasteiger charge is -2.12. The number of nitrogens with two attached hydrogens (primary N) is 1. The van der Waals surface area contributed by atoms with E-state index in [9.17, 15) is 14.7 Å². The Bertz CT molecular complexity index is 971. The van der Waals surface area contributed by atoms with E-state index in [1.807, 2.05) is 0 Å². The lowest BCUT2D eigenvalue weighted by Crippen LogP contribution is -2.46. The Morgan fingerprint density at radius 1 is 1.33 bits per heavy atom. The van der Waals surface area contributed by atoms with E-state index in [0.717, 1.165) is 0 Å². The second kappa shape index (κ2) is 7.83. The van der Waals surface area contributed by atoms with Gasteiger partial charge in [-0.15, -0.1) is 0 Å². The van der Waals surface area contributed by atoms with Crippen molar-refractivity contribution in [3.05, 3.63) is 53.8 Å². The Balaban J connectivity index is 1.86. The van der Waals surface area contributed by atoms with Gasteiger partial charge in [0.1, 0.15) is 29.7 Å². The molecular weight excluding hydrogens is 352 g/mol. The molecule has 3 rings (SSSR count). The summed E-state index contributed by atoms with van der Waals surface area (Å²) in [6.07, 6.45) is 3.24. The fourth-order valence-corrected chi connectivity index (χ4v) is 2.56. The zero-order chi connectivity index (χ0) is 19.4. The van der Waals surface area contributed by atoms with Crippen LogP contribution in [0.3, 0.4) is 0 Å². The Morgan fingerprint density at radius 3 is 2.74 bits per heavy atom. The molecule has 0 spiro atoms. The molecule has 0 saturated carbocycles. The SMILES string of the molecule is Cc1oc2ccc(OCc3ncccn3)cc2c1C(=O)N[C@@H](CO)C(N)=O. The lowest BCUT2D eigenvalue weighted by atomic mass is 10.1. The van der Waals surface area contributed by atoms with Gasteiger partial charge in [0.05, 0.1) is 12.2 Å². The number of furan rings is 1. The third-order valence-corrected chi connectivity index (χ3v) is 3.88. The molecule has 27 heavy (non-hydrogen) atoms. The highest BCUT2D eigenvalue weighted by atomic mass is 16.5. The number of aliphatic hydroxyl groups excluding tert-OH is 1. The van der Waals surface area contributed by atoms with Crippen molar-refractivity contribution in [2.24, 2.45) is 5.73 Å². The van der Waals surface area contributed by atoms with Crippen LogP contribution in [0.2, 0.25) is 0 Å². The molecule has 1 aromatic carbocycles. The van der Waals surface area contributed by atoms with Gasteiger partial charge < -0.3 is 25.3 Å². The van der Waals surface area contributed by atoms with Crippen LogP contribution in [0.4, 0.5) is 0 Å². The van der Waals surface area contributed by atoms with E-state index in [1.165, 1.54) is 0 Å². The molecule has 2 aromatic heterocycles. The minimum Gasteiger partial charge on any atom is -0.486 e. The van der Waals surface area contributed by atoms with Gasteiger partial charge in [0.15, 0.2) is 5.82 Å². The van der Waals surface area contributed by atoms with Crippen LogP contribution in [0.5, 0.6) is 5.75 Å². The molecule has 1 atom stereocenters. The van der Waals surface area contributed by atoms with Gasteiger partial charge >= 0.3 is 0 Å². The molecule has 0 aliphatic heterocycles. The molecule has 3 aromatic rings. The number of primary amides is 1. The number of ether oxygens (including phenoxy) is 1. The first-order valence-corrected chi connectivity index (χ1v) is 8.12. The minimum absolute atomic E-state index is 0.166. The highest BCUT2D eigenvalue weighted by Gasteiger charge is 2.23. The van der Waals surface area contributed by atoms with E-state index in [-0.39, 0.29) is 12.2 Å². The first-order chi connectivity index (χ1) is 13.0. The predicted octanol–water partition coefficient (Wildman–Crippen LogP) is 0.686. The van der Waals surface area contributed by atoms with Gasteiger partial charge in [0.25, 0.3) is 5.91 Å². The number of nitrogens with zero attached hydrogens (tertiary/aromatic N) is 2. The first kappa shape index (κ1) is 18.3. The Kier molecular flexibility index (Phi) is 5.32. The summed E-state index contributed by atoms with van der Waals surface area (Å²) in [6, 6.07) is 5.56. The van der Waals surface area contributed by atoms with Crippen LogP contribution in [-0.2, 0) is 11.4 Å². The van der Waals surface area contributed by atoms with E-state index in [1.54, 1.807) is 43.6 Å². The molecular formula is C18H18N4O5. The fraction of sp³-hybridized carbons (Fsp3) is 0.222. The number of carbonyl (C=O) groups excluding carboxylic acids is 2. The molecule has 0 saturated heterocycles. The van der Waals surface area contributed by atoms with E-state index in [0.29, 0.717) is 28.3 Å². The second-order valence-electron chi connectivity index (χ2n) is 5.76. The average Bonchev–Trinajstić information content (AvgIpc) is 3.00. The summed E-state index contributed by atoms with van der Waals surface area (Å²) in [5.74, 6) is -0.0207. The van der Waals surface area contributed by atoms with E-state index in [2.05, 4.69) is 15.3 Å². The Hall–Kier alpha value is -3.46. The van der Waals surface area contributed by atoms with Gasteiger partial charge in [-0.05, 0) is 31.2 Å². The number of aryl methyl sites for hydroxylation is 1. The number of amides is 2. The van der Waals surface area contributed by atoms with Gasteiger partial charge in [-0.25, -0.2) is 9.97 Å². The van der Waals surface area contributed by atoms with Crippen molar-refractivity contribution in [1.82, 2.24) is 15.3 Å². The zero-order valence-electron chi connectivity index (χ0n) is 14.5. The van der Waals surface area contributed by atoms with Crippen molar-refractivity contribution in [3.63, 3.8) is 0 Å². The Labute approximate surface area is 154 Å². The van der Waals surface area contributed by atoms with E-state index >= 15 is 0 Å². The van der Waals surface area contributed by atoms with Crippen LogP contribution in [0, 0.1) is 6.92 Å². The smallest absolute Gasteiger partial charge is 0.256 e. The summed E-state index contributed by atoms with van der Waals surface area (Å²) in [7, 11) is 0. The standard InChI is InChI=1S/C18H18N4O5/c1-10-16(18(25)22-13(8-23)17(19)24)12-7-11(3-4-14(12)27-10)26-9-15-20-5-2-6-21-15/h2-7,13,23H,8-9H2,1H3,(H2,19,24)(H,22,25)/t13-/m0/s1. The zero-order valence-corrected chi connectivity index (χ0v) is 14.5. The van der Waals surface area contributed by atoms with Crippen molar-refractivity contribution >= 4 is 22.8 Å². The van der Waals surface area contributed by atoms with Gasteiger partial charge in [-0.2, -0.15) is 0 Å². The van der Waals surface area contributed by atoms with Gasteiger partial charge in [-0.1, -0.05) is 0 Å². The molecule has 0 radical (unpaired) electrons. The van der Waals surface area contributed by atoms with Crippen LogP contribution in [0.1, 0.15) is 21.9 Å². The first-order valence-electron chi connectivity index (χ1n) is 8.12. The third-order valence-electron chi connectivity index (χ3n) is 3.88. The maximum Gasteiger partial charge on any atom is 0.256 e. The molecule has 0 aliphatic rings. The number of nitrogens with one attached hydrogen (secondary N) is 1. The summed E-state index contributed by atoms with van der Waals surface area (Å²) in [5.41, 5.74) is 5.88. The summed E-state index contributed by atoms with van der Waals surface area (Å²) < 4.78 is 11.3.